The second-order valence-electron chi connectivity index (χ2n) is 9.75. The van der Waals surface area contributed by atoms with E-state index in [4.69, 9.17) is 14.5 Å². The Morgan fingerprint density at radius 1 is 1.08 bits per heavy atom. The van der Waals surface area contributed by atoms with E-state index in [1.165, 1.54) is 5.56 Å². The van der Waals surface area contributed by atoms with Crippen LogP contribution in [0.5, 0.6) is 5.75 Å². The maximum absolute atomic E-state index is 10.3. The third kappa shape index (κ3) is 5.34. The van der Waals surface area contributed by atoms with Crippen LogP contribution in [0, 0.1) is 0 Å². The van der Waals surface area contributed by atoms with Gasteiger partial charge in [-0.15, -0.1) is 0 Å². The normalized spacial score (nSPS) is 21.2. The SMILES string of the molecule is O[C@@H]1CCCC[C@H]1Nc1nc2ccc(Cn3cnc4cc(OCCN5CCOCC5)ccc43)cc2s1. The lowest BCUT2D eigenvalue weighted by atomic mass is 9.93. The fourth-order valence-corrected chi connectivity index (χ4v) is 6.13. The van der Waals surface area contributed by atoms with Gasteiger partial charge in [0.2, 0.25) is 0 Å². The molecule has 2 aliphatic rings. The average molecular weight is 508 g/mol. The molecule has 6 rings (SSSR count). The summed E-state index contributed by atoms with van der Waals surface area (Å²) in [5.41, 5.74) is 4.23. The minimum atomic E-state index is -0.286. The third-order valence-electron chi connectivity index (χ3n) is 7.22. The molecule has 2 atom stereocenters. The zero-order valence-electron chi connectivity index (χ0n) is 20.4. The summed E-state index contributed by atoms with van der Waals surface area (Å²) in [5, 5.41) is 14.6. The van der Waals surface area contributed by atoms with E-state index < -0.39 is 0 Å². The van der Waals surface area contributed by atoms with Crippen molar-refractivity contribution in [2.75, 3.05) is 44.8 Å². The number of rotatable bonds is 8. The molecule has 4 aromatic rings. The Hall–Kier alpha value is -2.72. The van der Waals surface area contributed by atoms with Crippen LogP contribution < -0.4 is 10.1 Å². The van der Waals surface area contributed by atoms with Crippen LogP contribution in [0.3, 0.4) is 0 Å². The van der Waals surface area contributed by atoms with Gasteiger partial charge in [-0.05, 0) is 42.7 Å². The standard InChI is InChI=1S/C27H33N5O3S/c33-25-4-2-1-3-21(25)29-27-30-22-7-5-19(15-26(22)36-27)17-32-18-28-23-16-20(6-8-24(23)32)35-14-11-31-9-12-34-13-10-31/h5-8,15-16,18,21,25,33H,1-4,9-14,17H2,(H,29,30)/t21-,25-/m1/s1. The van der Waals surface area contributed by atoms with Gasteiger partial charge in [-0.25, -0.2) is 9.97 Å². The zero-order chi connectivity index (χ0) is 24.3. The van der Waals surface area contributed by atoms with Crippen LogP contribution in [-0.2, 0) is 11.3 Å². The van der Waals surface area contributed by atoms with E-state index in [-0.39, 0.29) is 12.1 Å². The van der Waals surface area contributed by atoms with Gasteiger partial charge in [0.15, 0.2) is 5.13 Å². The molecule has 0 spiro atoms. The number of thiazole rings is 1. The highest BCUT2D eigenvalue weighted by Gasteiger charge is 2.23. The predicted molar refractivity (Wildman–Crippen MR) is 143 cm³/mol. The maximum Gasteiger partial charge on any atom is 0.184 e. The van der Waals surface area contributed by atoms with Crippen molar-refractivity contribution in [3.8, 4) is 5.75 Å². The van der Waals surface area contributed by atoms with Crippen LogP contribution >= 0.6 is 11.3 Å². The fraction of sp³-hybridized carbons (Fsp3) is 0.481. The van der Waals surface area contributed by atoms with Gasteiger partial charge in [0, 0.05) is 32.2 Å². The van der Waals surface area contributed by atoms with Crippen molar-refractivity contribution in [3.05, 3.63) is 48.3 Å². The Labute approximate surface area is 214 Å². The summed E-state index contributed by atoms with van der Waals surface area (Å²) in [5.74, 6) is 0.857. The molecule has 8 nitrogen and oxygen atoms in total. The van der Waals surface area contributed by atoms with Gasteiger partial charge in [-0.3, -0.25) is 4.90 Å². The molecule has 0 unspecified atom stereocenters. The fourth-order valence-electron chi connectivity index (χ4n) is 5.14. The number of aromatic nitrogens is 3. The van der Waals surface area contributed by atoms with Gasteiger partial charge in [-0.1, -0.05) is 30.2 Å². The van der Waals surface area contributed by atoms with E-state index in [1.54, 1.807) is 11.3 Å². The van der Waals surface area contributed by atoms with Crippen LogP contribution in [-0.4, -0.2) is 76.1 Å². The second kappa shape index (κ2) is 10.7. The summed E-state index contributed by atoms with van der Waals surface area (Å²) in [6.45, 7) is 5.88. The maximum atomic E-state index is 10.3. The summed E-state index contributed by atoms with van der Waals surface area (Å²) in [6, 6.07) is 12.7. The quantitative estimate of drug-likeness (QED) is 0.371. The minimum Gasteiger partial charge on any atom is -0.492 e. The number of aliphatic hydroxyl groups excluding tert-OH is 1. The molecular formula is C27H33N5O3S. The monoisotopic (exact) mass is 507 g/mol. The van der Waals surface area contributed by atoms with Crippen molar-refractivity contribution in [2.24, 2.45) is 0 Å². The number of ether oxygens (including phenoxy) is 2. The smallest absolute Gasteiger partial charge is 0.184 e. The van der Waals surface area contributed by atoms with Crippen molar-refractivity contribution in [2.45, 2.75) is 44.4 Å². The number of nitrogens with zero attached hydrogens (tertiary/aromatic N) is 4. The van der Waals surface area contributed by atoms with Crippen molar-refractivity contribution in [1.82, 2.24) is 19.4 Å². The Morgan fingerprint density at radius 3 is 2.86 bits per heavy atom. The van der Waals surface area contributed by atoms with Gasteiger partial charge in [0.05, 0.1) is 52.9 Å². The number of hydrogen-bond donors (Lipinski definition) is 2. The van der Waals surface area contributed by atoms with E-state index in [0.717, 1.165) is 97.2 Å². The lowest BCUT2D eigenvalue weighted by Gasteiger charge is -2.27. The number of hydrogen-bond acceptors (Lipinski definition) is 8. The van der Waals surface area contributed by atoms with Crippen LogP contribution in [0.2, 0.25) is 0 Å². The number of nitrogens with one attached hydrogen (secondary N) is 1. The lowest BCUT2D eigenvalue weighted by molar-refractivity contribution is 0.0322. The first-order valence-corrected chi connectivity index (χ1v) is 13.7. The highest BCUT2D eigenvalue weighted by molar-refractivity contribution is 7.22. The number of benzene rings is 2. The molecule has 1 aliphatic carbocycles. The van der Waals surface area contributed by atoms with E-state index in [9.17, 15) is 5.11 Å². The van der Waals surface area contributed by atoms with Crippen molar-refractivity contribution < 1.29 is 14.6 Å². The topological polar surface area (TPSA) is 84.7 Å². The summed E-state index contributed by atoms with van der Waals surface area (Å²) >= 11 is 1.66. The van der Waals surface area contributed by atoms with Gasteiger partial charge in [-0.2, -0.15) is 0 Å². The van der Waals surface area contributed by atoms with Gasteiger partial charge in [0.25, 0.3) is 0 Å². The highest BCUT2D eigenvalue weighted by atomic mass is 32.1. The molecule has 1 saturated carbocycles. The Bertz CT molecular complexity index is 1320. The Morgan fingerprint density at radius 2 is 1.97 bits per heavy atom. The van der Waals surface area contributed by atoms with Gasteiger partial charge in [0.1, 0.15) is 12.4 Å². The molecule has 2 aromatic heterocycles. The summed E-state index contributed by atoms with van der Waals surface area (Å²) in [7, 11) is 0. The molecule has 2 aromatic carbocycles. The van der Waals surface area contributed by atoms with Crippen molar-refractivity contribution in [3.63, 3.8) is 0 Å². The molecule has 3 heterocycles. The Balaban J connectivity index is 1.10. The number of morpholine rings is 1. The number of imidazole rings is 1. The molecule has 2 fully saturated rings. The molecule has 190 valence electrons. The number of anilines is 1. The molecule has 1 saturated heterocycles. The Kier molecular flexibility index (Phi) is 7.05. The third-order valence-corrected chi connectivity index (χ3v) is 8.17. The first kappa shape index (κ1) is 23.7. The first-order valence-electron chi connectivity index (χ1n) is 12.9. The van der Waals surface area contributed by atoms with Gasteiger partial charge >= 0.3 is 0 Å². The molecule has 9 heteroatoms. The summed E-state index contributed by atoms with van der Waals surface area (Å²) in [4.78, 5) is 11.7. The number of aliphatic hydroxyl groups is 1. The van der Waals surface area contributed by atoms with E-state index >= 15 is 0 Å². The highest BCUT2D eigenvalue weighted by Crippen LogP contribution is 2.30. The van der Waals surface area contributed by atoms with E-state index in [0.29, 0.717) is 6.61 Å². The van der Waals surface area contributed by atoms with Crippen molar-refractivity contribution in [1.29, 1.82) is 0 Å². The summed E-state index contributed by atoms with van der Waals surface area (Å²) < 4.78 is 14.7. The molecule has 0 radical (unpaired) electrons. The lowest BCUT2D eigenvalue weighted by Crippen LogP contribution is -2.38. The van der Waals surface area contributed by atoms with Crippen LogP contribution in [0.1, 0.15) is 31.2 Å². The predicted octanol–water partition coefficient (Wildman–Crippen LogP) is 4.12. The van der Waals surface area contributed by atoms with Crippen LogP contribution in [0.25, 0.3) is 21.3 Å². The zero-order valence-corrected chi connectivity index (χ0v) is 21.3. The summed E-state index contributed by atoms with van der Waals surface area (Å²) in [6.07, 6.45) is 5.74. The second-order valence-corrected chi connectivity index (χ2v) is 10.8. The van der Waals surface area contributed by atoms with Crippen molar-refractivity contribution >= 4 is 37.7 Å². The largest absolute Gasteiger partial charge is 0.492 e. The molecule has 0 bridgehead atoms. The van der Waals surface area contributed by atoms with Crippen LogP contribution in [0.15, 0.2) is 42.7 Å². The van der Waals surface area contributed by atoms with Crippen LogP contribution in [0.4, 0.5) is 5.13 Å². The van der Waals surface area contributed by atoms with E-state index in [2.05, 4.69) is 44.0 Å². The molecule has 1 aliphatic heterocycles. The molecule has 2 N–H and O–H groups in total. The molecular weight excluding hydrogens is 474 g/mol. The van der Waals surface area contributed by atoms with E-state index in [1.807, 2.05) is 18.5 Å². The van der Waals surface area contributed by atoms with Gasteiger partial charge < -0.3 is 24.5 Å². The molecule has 0 amide bonds. The molecule has 36 heavy (non-hydrogen) atoms. The number of fused-ring (bicyclic) bond motifs is 2. The minimum absolute atomic E-state index is 0.101. The first-order chi connectivity index (χ1) is 17.7. The average Bonchev–Trinajstić information content (AvgIpc) is 3.49.